The van der Waals surface area contributed by atoms with Crippen molar-refractivity contribution in [2.75, 3.05) is 0 Å². The van der Waals surface area contributed by atoms with Crippen molar-refractivity contribution in [3.63, 3.8) is 0 Å². The van der Waals surface area contributed by atoms with Crippen molar-refractivity contribution in [3.05, 3.63) is 0 Å². The molecular weight excluding hydrogens is 300 g/mol. The Morgan fingerprint density at radius 2 is 1.72 bits per heavy atom. The van der Waals surface area contributed by atoms with Crippen molar-refractivity contribution in [1.29, 1.82) is 0 Å². The lowest BCUT2D eigenvalue weighted by molar-refractivity contribution is -0.468. The highest BCUT2D eigenvalue weighted by Crippen LogP contribution is 2.96. The van der Waals surface area contributed by atoms with Crippen LogP contribution in [-0.4, -0.2) is 0 Å². The highest BCUT2D eigenvalue weighted by Gasteiger charge is 2.91. The van der Waals surface area contributed by atoms with Gasteiger partial charge in [0.15, 0.2) is 0 Å². The molecule has 0 heteroatoms. The molecule has 14 atom stereocenters. The minimum atomic E-state index is 0.329. The second-order valence-electron chi connectivity index (χ2n) is 13.1. The van der Waals surface area contributed by atoms with Crippen LogP contribution in [0.3, 0.4) is 0 Å². The molecule has 14 unspecified atom stereocenters. The first-order valence-corrected chi connectivity index (χ1v) is 11.5. The van der Waals surface area contributed by atoms with Crippen LogP contribution in [0.1, 0.15) is 58.3 Å². The van der Waals surface area contributed by atoms with Crippen LogP contribution in [0.2, 0.25) is 0 Å². The first-order chi connectivity index (χ1) is 12.1. The van der Waals surface area contributed by atoms with Crippen molar-refractivity contribution < 1.29 is 0 Å². The molecule has 130 valence electrons. The van der Waals surface area contributed by atoms with Gasteiger partial charge in [-0.15, -0.1) is 6.42 Å². The maximum absolute atomic E-state index is 6.27. The van der Waals surface area contributed by atoms with E-state index in [4.69, 9.17) is 6.42 Å². The number of hydrogen-bond donors (Lipinski definition) is 0. The molecule has 13 saturated carbocycles. The molecule has 0 aromatic rings. The smallest absolute Gasteiger partial charge is 0.0323 e. The normalized spacial score (nSPS) is 81.9. The van der Waals surface area contributed by atoms with Gasteiger partial charge in [0.25, 0.3) is 0 Å². The van der Waals surface area contributed by atoms with Crippen molar-refractivity contribution in [2.45, 2.75) is 58.3 Å². The van der Waals surface area contributed by atoms with Crippen molar-refractivity contribution >= 4 is 0 Å². The Bertz CT molecular complexity index is 818. The first-order valence-electron chi connectivity index (χ1n) is 11.5. The summed E-state index contributed by atoms with van der Waals surface area (Å²) in [6.45, 7) is 2.86. The maximum atomic E-state index is 6.27. The van der Waals surface area contributed by atoms with Gasteiger partial charge in [0.1, 0.15) is 0 Å². The molecule has 0 heterocycles. The Balaban J connectivity index is 1.42. The van der Waals surface area contributed by atoms with Crippen molar-refractivity contribution in [2.24, 2.45) is 80.8 Å². The Morgan fingerprint density at radius 3 is 2.60 bits per heavy atom. The molecule has 13 fully saturated rings. The third kappa shape index (κ3) is 0.864. The molecule has 0 radical (unpaired) electrons. The van der Waals surface area contributed by atoms with Crippen LogP contribution in [0.5, 0.6) is 0 Å². The van der Waals surface area contributed by atoms with Crippen molar-refractivity contribution in [3.8, 4) is 12.3 Å². The van der Waals surface area contributed by atoms with Crippen LogP contribution in [0.15, 0.2) is 0 Å². The minimum absolute atomic E-state index is 0.329. The van der Waals surface area contributed by atoms with Gasteiger partial charge in [0, 0.05) is 5.41 Å². The number of hydrogen-bond acceptors (Lipinski definition) is 0. The zero-order chi connectivity index (χ0) is 16.1. The Kier molecular flexibility index (Phi) is 1.58. The fraction of sp³-hybridized carbons (Fsp3) is 0.920. The van der Waals surface area contributed by atoms with Gasteiger partial charge in [0.05, 0.1) is 0 Å². The van der Waals surface area contributed by atoms with Gasteiger partial charge in [-0.2, -0.15) is 0 Å². The second kappa shape index (κ2) is 3.06. The third-order valence-electron chi connectivity index (χ3n) is 13.6. The molecule has 0 aromatic heterocycles. The predicted molar refractivity (Wildman–Crippen MR) is 96.1 cm³/mol. The molecule has 13 aliphatic rings. The largest absolute Gasteiger partial charge is 0.120 e. The molecule has 25 heavy (non-hydrogen) atoms. The second-order valence-corrected chi connectivity index (χ2v) is 13.1. The highest BCUT2D eigenvalue weighted by molar-refractivity contribution is 5.40. The van der Waals surface area contributed by atoms with E-state index in [1.54, 1.807) is 32.1 Å². The monoisotopic (exact) mass is 330 g/mol. The zero-order valence-electron chi connectivity index (χ0n) is 15.5. The summed E-state index contributed by atoms with van der Waals surface area (Å²) < 4.78 is 0. The molecule has 0 nitrogen and oxygen atoms in total. The highest BCUT2D eigenvalue weighted by atomic mass is 14.9. The molecule has 0 saturated heterocycles. The van der Waals surface area contributed by atoms with Gasteiger partial charge in [-0.1, -0.05) is 12.8 Å². The van der Waals surface area contributed by atoms with E-state index in [-0.39, 0.29) is 0 Å². The lowest BCUT2D eigenvalue weighted by atomic mass is 9.09. The Morgan fingerprint density at radius 1 is 0.840 bits per heavy atom. The SMILES string of the molecule is C#CC12CC3C4CC56CC7CC8C9CC(C1)(C3C85)C(C)(C4C2)C6C9C7. The molecule has 13 rings (SSSR count). The van der Waals surface area contributed by atoms with Crippen LogP contribution in [-0.2, 0) is 0 Å². The summed E-state index contributed by atoms with van der Waals surface area (Å²) in [7, 11) is 0. The number of rotatable bonds is 0. The quantitative estimate of drug-likeness (QED) is 0.549. The van der Waals surface area contributed by atoms with E-state index in [2.05, 4.69) is 12.8 Å². The molecule has 0 aromatic carbocycles. The number of terminal acetylenes is 1. The van der Waals surface area contributed by atoms with Crippen molar-refractivity contribution in [1.82, 2.24) is 0 Å². The third-order valence-corrected chi connectivity index (χ3v) is 13.6. The van der Waals surface area contributed by atoms with Gasteiger partial charge in [-0.25, -0.2) is 0 Å². The summed E-state index contributed by atoms with van der Waals surface area (Å²) in [5.41, 5.74) is 2.56. The van der Waals surface area contributed by atoms with Crippen LogP contribution in [0.25, 0.3) is 0 Å². The van der Waals surface area contributed by atoms with Crippen LogP contribution in [0, 0.1) is 93.2 Å². The molecule has 0 aliphatic heterocycles. The van der Waals surface area contributed by atoms with E-state index in [9.17, 15) is 0 Å². The van der Waals surface area contributed by atoms with E-state index in [0.29, 0.717) is 16.2 Å². The summed E-state index contributed by atoms with van der Waals surface area (Å²) >= 11 is 0. The van der Waals surface area contributed by atoms with Gasteiger partial charge >= 0.3 is 0 Å². The van der Waals surface area contributed by atoms with E-state index in [1.165, 1.54) is 19.3 Å². The van der Waals surface area contributed by atoms with Gasteiger partial charge in [0.2, 0.25) is 0 Å². The van der Waals surface area contributed by atoms with Crippen LogP contribution in [0.4, 0.5) is 0 Å². The summed E-state index contributed by atoms with van der Waals surface area (Å²) in [5.74, 6) is 14.6. The molecular formula is C25H30. The standard InChI is InChI=1S/C25H30/c1-3-23-7-17-16-8-24-6-12-4-13-15-9-25(11-23,20(17)19(13)24)22(2,18(16)10-23)21(24)14(15)5-12/h1,12-21H,4-11H2,2H3. The van der Waals surface area contributed by atoms with Gasteiger partial charge < -0.3 is 0 Å². The molecule has 2 spiro atoms. The lowest BCUT2D eigenvalue weighted by Gasteiger charge is -2.94. The lowest BCUT2D eigenvalue weighted by Crippen LogP contribution is -2.89. The van der Waals surface area contributed by atoms with E-state index in [1.807, 2.05) is 0 Å². The molecule has 0 amide bonds. The van der Waals surface area contributed by atoms with E-state index < -0.39 is 0 Å². The van der Waals surface area contributed by atoms with Gasteiger partial charge in [-0.3, -0.25) is 0 Å². The summed E-state index contributed by atoms with van der Waals surface area (Å²) in [4.78, 5) is 0. The van der Waals surface area contributed by atoms with E-state index in [0.717, 1.165) is 64.6 Å². The average Bonchev–Trinajstić information content (AvgIpc) is 2.60. The Hall–Kier alpha value is -0.440. The van der Waals surface area contributed by atoms with Crippen LogP contribution < -0.4 is 0 Å². The Labute approximate surface area is 151 Å². The fourth-order valence-corrected chi connectivity index (χ4v) is 14.4. The molecule has 0 N–H and O–H groups in total. The minimum Gasteiger partial charge on any atom is -0.120 e. The first kappa shape index (κ1) is 12.9. The zero-order valence-corrected chi connectivity index (χ0v) is 15.5. The van der Waals surface area contributed by atoms with Crippen LogP contribution >= 0.6 is 0 Å². The summed E-state index contributed by atoms with van der Waals surface area (Å²) in [6, 6.07) is 0. The summed E-state index contributed by atoms with van der Waals surface area (Å²) in [5, 5.41) is 0. The van der Waals surface area contributed by atoms with E-state index >= 15 is 0 Å². The maximum Gasteiger partial charge on any atom is 0.0323 e. The topological polar surface area (TPSA) is 0 Å². The molecule has 13 aliphatic carbocycles. The van der Waals surface area contributed by atoms with Gasteiger partial charge in [-0.05, 0) is 127 Å². The molecule has 14 bridgehead atoms. The predicted octanol–water partition coefficient (Wildman–Crippen LogP) is 4.99. The average molecular weight is 331 g/mol. The summed E-state index contributed by atoms with van der Waals surface area (Å²) in [6.07, 6.45) is 18.8. The fourth-order valence-electron chi connectivity index (χ4n) is 14.4.